The van der Waals surface area contributed by atoms with Gasteiger partial charge in [0.1, 0.15) is 0 Å². The number of carbonyl (C=O) groups is 1. The molecule has 0 aromatic heterocycles. The third-order valence-electron chi connectivity index (χ3n) is 4.26. The minimum Gasteiger partial charge on any atom is -0.481 e. The summed E-state index contributed by atoms with van der Waals surface area (Å²) in [4.78, 5) is 13.6. The highest BCUT2D eigenvalue weighted by molar-refractivity contribution is 5.71. The van der Waals surface area contributed by atoms with Crippen LogP contribution in [0.3, 0.4) is 0 Å². The van der Waals surface area contributed by atoms with Crippen molar-refractivity contribution >= 4 is 5.97 Å². The first-order chi connectivity index (χ1) is 9.11. The average molecular weight is 261 g/mol. The fraction of sp³-hybridized carbons (Fsp3) is 0.562. The minimum atomic E-state index is -0.649. The number of carboxylic acid groups (broad SMARTS) is 1. The van der Waals surface area contributed by atoms with Crippen LogP contribution >= 0.6 is 0 Å². The molecule has 1 aromatic rings. The van der Waals surface area contributed by atoms with Gasteiger partial charge in [-0.05, 0) is 24.3 Å². The number of hydrogen-bond donors (Lipinski definition) is 1. The number of aliphatic carboxylic acids is 1. The van der Waals surface area contributed by atoms with Gasteiger partial charge in [0, 0.05) is 19.1 Å². The molecule has 0 amide bonds. The summed E-state index contributed by atoms with van der Waals surface area (Å²) in [6.45, 7) is 5.84. The van der Waals surface area contributed by atoms with Crippen molar-refractivity contribution in [3.8, 4) is 0 Å². The summed E-state index contributed by atoms with van der Waals surface area (Å²) < 4.78 is 0. The fourth-order valence-electron chi connectivity index (χ4n) is 3.04. The third-order valence-corrected chi connectivity index (χ3v) is 4.26. The second kappa shape index (κ2) is 6.20. The first kappa shape index (κ1) is 14.1. The molecular formula is C16H23NO2. The lowest BCUT2D eigenvalue weighted by Gasteiger charge is -2.27. The highest BCUT2D eigenvalue weighted by Gasteiger charge is 2.37. The van der Waals surface area contributed by atoms with Crippen LogP contribution in [0.25, 0.3) is 0 Å². The topological polar surface area (TPSA) is 40.5 Å². The maximum absolute atomic E-state index is 11.2. The van der Waals surface area contributed by atoms with E-state index in [0.29, 0.717) is 12.6 Å². The highest BCUT2D eigenvalue weighted by Crippen LogP contribution is 2.27. The summed E-state index contributed by atoms with van der Waals surface area (Å²) in [5, 5.41) is 9.22. The third kappa shape index (κ3) is 3.35. The van der Waals surface area contributed by atoms with Crippen molar-refractivity contribution in [2.75, 3.05) is 13.1 Å². The van der Waals surface area contributed by atoms with E-state index in [-0.39, 0.29) is 11.8 Å². The molecule has 1 aliphatic heterocycles. The molecule has 1 saturated heterocycles. The number of rotatable bonds is 5. The fourth-order valence-corrected chi connectivity index (χ4v) is 3.04. The second-order valence-electron chi connectivity index (χ2n) is 5.63. The van der Waals surface area contributed by atoms with Gasteiger partial charge in [0.2, 0.25) is 0 Å². The molecule has 0 saturated carbocycles. The molecule has 0 spiro atoms. The molecule has 1 N–H and O–H groups in total. The summed E-state index contributed by atoms with van der Waals surface area (Å²) in [7, 11) is 0. The standard InChI is InChI=1S/C16H23NO2/c1-3-14(9-13-7-5-4-6-8-13)17-10-12(2)15(11-17)16(18)19/h4-8,12,14-15H,3,9-11H2,1-2H3,(H,18,19). The van der Waals surface area contributed by atoms with E-state index >= 15 is 0 Å². The van der Waals surface area contributed by atoms with E-state index < -0.39 is 5.97 Å². The average Bonchev–Trinajstić information content (AvgIpc) is 2.79. The minimum absolute atomic E-state index is 0.204. The Labute approximate surface area is 115 Å². The van der Waals surface area contributed by atoms with Crippen LogP contribution in [0.15, 0.2) is 30.3 Å². The van der Waals surface area contributed by atoms with Gasteiger partial charge in [-0.3, -0.25) is 9.69 Å². The van der Waals surface area contributed by atoms with E-state index in [2.05, 4.69) is 36.1 Å². The number of carboxylic acids is 1. The molecule has 19 heavy (non-hydrogen) atoms. The Morgan fingerprint density at radius 2 is 2.05 bits per heavy atom. The molecule has 3 nitrogen and oxygen atoms in total. The SMILES string of the molecule is CCC(Cc1ccccc1)N1CC(C)C(C(=O)O)C1. The maximum Gasteiger partial charge on any atom is 0.308 e. The predicted molar refractivity (Wildman–Crippen MR) is 76.1 cm³/mol. The van der Waals surface area contributed by atoms with E-state index in [4.69, 9.17) is 0 Å². The molecular weight excluding hydrogens is 238 g/mol. The summed E-state index contributed by atoms with van der Waals surface area (Å²) in [6.07, 6.45) is 2.07. The first-order valence-corrected chi connectivity index (χ1v) is 7.12. The molecule has 1 aliphatic rings. The Balaban J connectivity index is 2.01. The number of likely N-dealkylation sites (tertiary alicyclic amines) is 1. The summed E-state index contributed by atoms with van der Waals surface area (Å²) in [6, 6.07) is 10.9. The van der Waals surface area contributed by atoms with Gasteiger partial charge in [0.15, 0.2) is 0 Å². The first-order valence-electron chi connectivity index (χ1n) is 7.12. The van der Waals surface area contributed by atoms with Gasteiger partial charge in [0.05, 0.1) is 5.92 Å². The summed E-state index contributed by atoms with van der Waals surface area (Å²) >= 11 is 0. The highest BCUT2D eigenvalue weighted by atomic mass is 16.4. The van der Waals surface area contributed by atoms with Crippen LogP contribution in [0.4, 0.5) is 0 Å². The summed E-state index contributed by atoms with van der Waals surface area (Å²) in [5.74, 6) is -0.600. The zero-order chi connectivity index (χ0) is 13.8. The van der Waals surface area contributed by atoms with Crippen molar-refractivity contribution < 1.29 is 9.90 Å². The molecule has 3 heteroatoms. The Morgan fingerprint density at radius 1 is 1.37 bits per heavy atom. The van der Waals surface area contributed by atoms with Crippen molar-refractivity contribution in [2.24, 2.45) is 11.8 Å². The zero-order valence-corrected chi connectivity index (χ0v) is 11.7. The largest absolute Gasteiger partial charge is 0.481 e. The van der Waals surface area contributed by atoms with E-state index in [1.165, 1.54) is 5.56 Å². The Kier molecular flexibility index (Phi) is 4.59. The van der Waals surface area contributed by atoms with Crippen LogP contribution in [0, 0.1) is 11.8 Å². The van der Waals surface area contributed by atoms with Gasteiger partial charge in [-0.2, -0.15) is 0 Å². The van der Waals surface area contributed by atoms with E-state index in [1.807, 2.05) is 13.0 Å². The molecule has 104 valence electrons. The Morgan fingerprint density at radius 3 is 2.58 bits per heavy atom. The van der Waals surface area contributed by atoms with Gasteiger partial charge in [-0.25, -0.2) is 0 Å². The smallest absolute Gasteiger partial charge is 0.308 e. The van der Waals surface area contributed by atoms with Gasteiger partial charge in [-0.15, -0.1) is 0 Å². The molecule has 2 rings (SSSR count). The number of hydrogen-bond acceptors (Lipinski definition) is 2. The van der Waals surface area contributed by atoms with Gasteiger partial charge < -0.3 is 5.11 Å². The van der Waals surface area contributed by atoms with Crippen molar-refractivity contribution in [2.45, 2.75) is 32.7 Å². The molecule has 1 heterocycles. The molecule has 0 aliphatic carbocycles. The monoisotopic (exact) mass is 261 g/mol. The molecule has 3 unspecified atom stereocenters. The van der Waals surface area contributed by atoms with Crippen LogP contribution in [0.2, 0.25) is 0 Å². The van der Waals surface area contributed by atoms with E-state index in [9.17, 15) is 9.90 Å². The van der Waals surface area contributed by atoms with Crippen molar-refractivity contribution in [3.63, 3.8) is 0 Å². The summed E-state index contributed by atoms with van der Waals surface area (Å²) in [5.41, 5.74) is 1.33. The molecule has 3 atom stereocenters. The number of benzene rings is 1. The lowest BCUT2D eigenvalue weighted by atomic mass is 9.99. The quantitative estimate of drug-likeness (QED) is 0.886. The van der Waals surface area contributed by atoms with Crippen molar-refractivity contribution in [3.05, 3.63) is 35.9 Å². The molecule has 0 bridgehead atoms. The predicted octanol–water partition coefficient (Wildman–Crippen LogP) is 2.66. The van der Waals surface area contributed by atoms with E-state index in [0.717, 1.165) is 19.4 Å². The van der Waals surface area contributed by atoms with Gasteiger partial charge in [0.25, 0.3) is 0 Å². The molecule has 1 aromatic carbocycles. The van der Waals surface area contributed by atoms with Crippen molar-refractivity contribution in [1.29, 1.82) is 0 Å². The van der Waals surface area contributed by atoms with E-state index in [1.54, 1.807) is 0 Å². The second-order valence-corrected chi connectivity index (χ2v) is 5.63. The van der Waals surface area contributed by atoms with Crippen molar-refractivity contribution in [1.82, 2.24) is 4.90 Å². The van der Waals surface area contributed by atoms with Crippen LogP contribution in [0.5, 0.6) is 0 Å². The normalized spacial score (nSPS) is 25.4. The van der Waals surface area contributed by atoms with Gasteiger partial charge in [-0.1, -0.05) is 44.2 Å². The molecule has 0 radical (unpaired) electrons. The molecule has 1 fully saturated rings. The van der Waals surface area contributed by atoms with Crippen LogP contribution in [-0.4, -0.2) is 35.1 Å². The lowest BCUT2D eigenvalue weighted by Crippen LogP contribution is -2.35. The number of nitrogens with zero attached hydrogens (tertiary/aromatic N) is 1. The van der Waals surface area contributed by atoms with Gasteiger partial charge >= 0.3 is 5.97 Å². The van der Waals surface area contributed by atoms with Crippen LogP contribution in [0.1, 0.15) is 25.8 Å². The zero-order valence-electron chi connectivity index (χ0n) is 11.7. The van der Waals surface area contributed by atoms with Crippen LogP contribution in [-0.2, 0) is 11.2 Å². The Bertz CT molecular complexity index is 418. The maximum atomic E-state index is 11.2. The lowest BCUT2D eigenvalue weighted by molar-refractivity contribution is -0.142. The Hall–Kier alpha value is -1.35. The van der Waals surface area contributed by atoms with Crippen LogP contribution < -0.4 is 0 Å².